The van der Waals surface area contributed by atoms with E-state index in [2.05, 4.69) is 14.9 Å². The Kier molecular flexibility index (Phi) is 5.74. The summed E-state index contributed by atoms with van der Waals surface area (Å²) in [6.07, 6.45) is 3.00. The second-order valence-corrected chi connectivity index (χ2v) is 8.45. The third kappa shape index (κ3) is 3.92. The molecule has 2 aromatic rings. The van der Waals surface area contributed by atoms with Crippen molar-refractivity contribution in [1.82, 2.24) is 14.9 Å². The van der Waals surface area contributed by atoms with Crippen LogP contribution in [0.2, 0.25) is 0 Å². The molecule has 10 heteroatoms. The molecule has 0 unspecified atom stereocenters. The minimum absolute atomic E-state index is 0. The van der Waals surface area contributed by atoms with E-state index in [9.17, 15) is 4.79 Å². The van der Waals surface area contributed by atoms with E-state index < -0.39 is 0 Å². The standard InChI is InChI=1S/C21H27N5O4.ClH/c1-28-15-9-13-14(10-16(15)29-2)23-20(24-18(13)22)26-7-5-25(6-8-26)19(27)17-11-21(3-4-21)12-30-17;/h9-10,17H,3-8,11-12H2,1-2H3,(H2,22,23,24);1H/t17-;/m0./s1. The Morgan fingerprint density at radius 3 is 2.42 bits per heavy atom. The van der Waals surface area contributed by atoms with E-state index >= 15 is 0 Å². The third-order valence-corrected chi connectivity index (χ3v) is 6.53. The lowest BCUT2D eigenvalue weighted by Gasteiger charge is -2.35. The highest BCUT2D eigenvalue weighted by molar-refractivity contribution is 5.91. The summed E-state index contributed by atoms with van der Waals surface area (Å²) in [5.41, 5.74) is 7.22. The number of fused-ring (bicyclic) bond motifs is 1. The van der Waals surface area contributed by atoms with E-state index in [1.807, 2.05) is 4.90 Å². The van der Waals surface area contributed by atoms with Gasteiger partial charge in [-0.15, -0.1) is 12.4 Å². The summed E-state index contributed by atoms with van der Waals surface area (Å²) in [7, 11) is 3.17. The smallest absolute Gasteiger partial charge is 0.251 e. The Morgan fingerprint density at radius 2 is 1.81 bits per heavy atom. The van der Waals surface area contributed by atoms with Gasteiger partial charge in [0.05, 0.1) is 26.3 Å². The van der Waals surface area contributed by atoms with Crippen molar-refractivity contribution < 1.29 is 19.0 Å². The predicted octanol–water partition coefficient (Wildman–Crippen LogP) is 1.87. The Labute approximate surface area is 187 Å². The van der Waals surface area contributed by atoms with Crippen LogP contribution in [0.25, 0.3) is 10.9 Å². The minimum Gasteiger partial charge on any atom is -0.493 e. The lowest BCUT2D eigenvalue weighted by Crippen LogP contribution is -2.51. The monoisotopic (exact) mass is 449 g/mol. The molecule has 168 valence electrons. The van der Waals surface area contributed by atoms with Crippen molar-refractivity contribution >= 4 is 41.0 Å². The maximum atomic E-state index is 12.8. The normalized spacial score (nSPS) is 21.8. The van der Waals surface area contributed by atoms with Crippen LogP contribution in [0.15, 0.2) is 12.1 Å². The number of carbonyl (C=O) groups excluding carboxylic acids is 1. The summed E-state index contributed by atoms with van der Waals surface area (Å²) in [6.45, 7) is 3.30. The molecule has 2 aliphatic heterocycles. The van der Waals surface area contributed by atoms with Crippen LogP contribution in [-0.2, 0) is 9.53 Å². The average molecular weight is 450 g/mol. The maximum absolute atomic E-state index is 12.8. The van der Waals surface area contributed by atoms with Gasteiger partial charge in [-0.2, -0.15) is 4.98 Å². The van der Waals surface area contributed by atoms with Gasteiger partial charge in [-0.05, 0) is 30.7 Å². The number of piperazine rings is 1. The molecule has 1 aromatic carbocycles. The zero-order chi connectivity index (χ0) is 20.9. The number of rotatable bonds is 4. The molecule has 31 heavy (non-hydrogen) atoms. The van der Waals surface area contributed by atoms with Crippen LogP contribution in [0.4, 0.5) is 11.8 Å². The van der Waals surface area contributed by atoms with Crippen LogP contribution in [0.3, 0.4) is 0 Å². The number of hydrogen-bond acceptors (Lipinski definition) is 8. The molecule has 1 atom stereocenters. The van der Waals surface area contributed by atoms with E-state index in [0.717, 1.165) is 18.4 Å². The fraction of sp³-hybridized carbons (Fsp3) is 0.571. The van der Waals surface area contributed by atoms with E-state index in [-0.39, 0.29) is 24.4 Å². The third-order valence-electron chi connectivity index (χ3n) is 6.53. The van der Waals surface area contributed by atoms with Gasteiger partial charge in [0.25, 0.3) is 5.91 Å². The number of nitrogens with zero attached hydrogens (tertiary/aromatic N) is 4. The van der Waals surface area contributed by atoms with Gasteiger partial charge in [0.1, 0.15) is 11.9 Å². The predicted molar refractivity (Wildman–Crippen MR) is 119 cm³/mol. The molecule has 0 bridgehead atoms. The highest BCUT2D eigenvalue weighted by Crippen LogP contribution is 2.54. The lowest BCUT2D eigenvalue weighted by atomic mass is 10.0. The van der Waals surface area contributed by atoms with Gasteiger partial charge in [0.15, 0.2) is 11.5 Å². The molecule has 1 aliphatic carbocycles. The van der Waals surface area contributed by atoms with Crippen LogP contribution in [0, 0.1) is 5.41 Å². The molecule has 1 aromatic heterocycles. The molecule has 3 fully saturated rings. The molecule has 1 amide bonds. The molecule has 1 spiro atoms. The lowest BCUT2D eigenvalue weighted by molar-refractivity contribution is -0.141. The fourth-order valence-electron chi connectivity index (χ4n) is 4.41. The van der Waals surface area contributed by atoms with Crippen molar-refractivity contribution in [2.45, 2.75) is 25.4 Å². The highest BCUT2D eigenvalue weighted by Gasteiger charge is 2.51. The van der Waals surface area contributed by atoms with E-state index in [0.29, 0.717) is 60.4 Å². The van der Waals surface area contributed by atoms with Gasteiger partial charge in [-0.3, -0.25) is 4.79 Å². The molecule has 0 radical (unpaired) electrons. The minimum atomic E-state index is -0.269. The van der Waals surface area contributed by atoms with Gasteiger partial charge < -0.3 is 29.7 Å². The summed E-state index contributed by atoms with van der Waals surface area (Å²) >= 11 is 0. The maximum Gasteiger partial charge on any atom is 0.251 e. The quantitative estimate of drug-likeness (QED) is 0.754. The van der Waals surface area contributed by atoms with E-state index in [4.69, 9.17) is 19.9 Å². The van der Waals surface area contributed by atoms with Crippen LogP contribution >= 0.6 is 12.4 Å². The number of carbonyl (C=O) groups is 1. The van der Waals surface area contributed by atoms with Crippen molar-refractivity contribution in [2.75, 3.05) is 57.6 Å². The zero-order valence-electron chi connectivity index (χ0n) is 17.8. The molecule has 3 aliphatic rings. The summed E-state index contributed by atoms with van der Waals surface area (Å²) < 4.78 is 16.5. The number of benzene rings is 1. The van der Waals surface area contributed by atoms with Gasteiger partial charge in [0, 0.05) is 37.6 Å². The van der Waals surface area contributed by atoms with E-state index in [1.54, 1.807) is 26.4 Å². The first kappa shape index (κ1) is 21.7. The first-order chi connectivity index (χ1) is 14.5. The van der Waals surface area contributed by atoms with Crippen molar-refractivity contribution in [2.24, 2.45) is 5.41 Å². The second-order valence-electron chi connectivity index (χ2n) is 8.45. The average Bonchev–Trinajstić information content (AvgIpc) is 3.40. The van der Waals surface area contributed by atoms with Crippen molar-refractivity contribution in [3.8, 4) is 11.5 Å². The summed E-state index contributed by atoms with van der Waals surface area (Å²) in [4.78, 5) is 26.0. The number of aromatic nitrogens is 2. The topological polar surface area (TPSA) is 103 Å². The molecule has 3 heterocycles. The highest BCUT2D eigenvalue weighted by atomic mass is 35.5. The molecular formula is C21H28ClN5O4. The van der Waals surface area contributed by atoms with Crippen molar-refractivity contribution in [3.05, 3.63) is 12.1 Å². The number of halogens is 1. The van der Waals surface area contributed by atoms with Crippen LogP contribution in [0.1, 0.15) is 19.3 Å². The summed E-state index contributed by atoms with van der Waals surface area (Å²) in [5, 5.41) is 0.720. The number of nitrogen functional groups attached to an aromatic ring is 1. The zero-order valence-corrected chi connectivity index (χ0v) is 18.6. The van der Waals surface area contributed by atoms with Crippen molar-refractivity contribution in [3.63, 3.8) is 0 Å². The summed E-state index contributed by atoms with van der Waals surface area (Å²) in [5.74, 6) is 2.25. The van der Waals surface area contributed by atoms with Gasteiger partial charge in [-0.25, -0.2) is 4.98 Å². The van der Waals surface area contributed by atoms with Crippen LogP contribution in [0.5, 0.6) is 11.5 Å². The van der Waals surface area contributed by atoms with Gasteiger partial charge in [-0.1, -0.05) is 0 Å². The van der Waals surface area contributed by atoms with Gasteiger partial charge >= 0.3 is 0 Å². The number of anilines is 2. The molecule has 5 rings (SSSR count). The Bertz CT molecular complexity index is 991. The molecule has 9 nitrogen and oxygen atoms in total. The molecule has 2 saturated heterocycles. The second kappa shape index (κ2) is 8.20. The number of hydrogen-bond donors (Lipinski definition) is 1. The summed E-state index contributed by atoms with van der Waals surface area (Å²) in [6, 6.07) is 3.60. The Balaban J connectivity index is 0.00000231. The van der Waals surface area contributed by atoms with Crippen LogP contribution in [-0.4, -0.2) is 73.9 Å². The number of ether oxygens (including phenoxy) is 3. The largest absolute Gasteiger partial charge is 0.493 e. The van der Waals surface area contributed by atoms with Gasteiger partial charge in [0.2, 0.25) is 5.95 Å². The number of methoxy groups -OCH3 is 2. The SMILES string of the molecule is COc1cc2nc(N3CCN(C(=O)[C@@H]4CC5(CC5)CO4)CC3)nc(N)c2cc1OC.Cl. The number of nitrogens with two attached hydrogens (primary N) is 1. The Morgan fingerprint density at radius 1 is 1.13 bits per heavy atom. The molecule has 1 saturated carbocycles. The first-order valence-electron chi connectivity index (χ1n) is 10.4. The van der Waals surface area contributed by atoms with Crippen LogP contribution < -0.4 is 20.1 Å². The Hall–Kier alpha value is -2.52. The molecular weight excluding hydrogens is 422 g/mol. The number of amides is 1. The fourth-order valence-corrected chi connectivity index (χ4v) is 4.41. The van der Waals surface area contributed by atoms with Crippen molar-refractivity contribution in [1.29, 1.82) is 0 Å². The first-order valence-corrected chi connectivity index (χ1v) is 10.4. The van der Waals surface area contributed by atoms with E-state index in [1.165, 1.54) is 12.8 Å². The molecule has 2 N–H and O–H groups in total.